The highest BCUT2D eigenvalue weighted by molar-refractivity contribution is 5.69. The van der Waals surface area contributed by atoms with Gasteiger partial charge in [-0.15, -0.1) is 0 Å². The molecule has 0 fully saturated rings. The van der Waals surface area contributed by atoms with Gasteiger partial charge in [0, 0.05) is 38.9 Å². The molecule has 35 heavy (non-hydrogen) atoms. The van der Waals surface area contributed by atoms with E-state index in [9.17, 15) is 15.0 Å². The van der Waals surface area contributed by atoms with Gasteiger partial charge < -0.3 is 19.7 Å². The van der Waals surface area contributed by atoms with E-state index in [0.29, 0.717) is 43.2 Å². The molecule has 190 valence electrons. The van der Waals surface area contributed by atoms with Gasteiger partial charge in [-0.05, 0) is 49.1 Å². The van der Waals surface area contributed by atoms with E-state index in [1.165, 1.54) is 10.6 Å². The van der Waals surface area contributed by atoms with Crippen LogP contribution in [0.2, 0.25) is 0 Å². The van der Waals surface area contributed by atoms with Crippen LogP contribution in [0.25, 0.3) is 17.1 Å². The van der Waals surface area contributed by atoms with Crippen LogP contribution in [0.1, 0.15) is 44.7 Å². The summed E-state index contributed by atoms with van der Waals surface area (Å²) in [5.41, 5.74) is 2.33. The van der Waals surface area contributed by atoms with Crippen molar-refractivity contribution in [1.29, 1.82) is 0 Å². The van der Waals surface area contributed by atoms with Gasteiger partial charge in [0.15, 0.2) is 5.82 Å². The van der Waals surface area contributed by atoms with Crippen LogP contribution in [-0.4, -0.2) is 69.4 Å². The zero-order valence-corrected chi connectivity index (χ0v) is 21.0. The lowest BCUT2D eigenvalue weighted by atomic mass is 9.98. The van der Waals surface area contributed by atoms with Crippen LogP contribution in [0.15, 0.2) is 41.2 Å². The van der Waals surface area contributed by atoms with Crippen molar-refractivity contribution in [2.75, 3.05) is 39.5 Å². The number of nitrogens with one attached hydrogen (secondary N) is 1. The summed E-state index contributed by atoms with van der Waals surface area (Å²) in [6, 6.07) is 10.6. The minimum absolute atomic E-state index is 0.00765. The molecule has 0 saturated carbocycles. The summed E-state index contributed by atoms with van der Waals surface area (Å²) in [5, 5.41) is 27.3. The fourth-order valence-electron chi connectivity index (χ4n) is 3.91. The Labute approximate surface area is 205 Å². The normalized spacial score (nSPS) is 11.6. The maximum absolute atomic E-state index is 12.6. The standard InChI is InChI=1S/C26H36N4O5/c1-5-34-13-11-29(12-14-35-6-2)17-19-7-9-20(10-8-19)30-25(27-28-26(30)33)22-15-21(18(3)4)23(31)16-24(22)32/h7-10,15-16,18,31-32H,5-6,11-14,17H2,1-4H3,(H,28,33). The lowest BCUT2D eigenvalue weighted by Crippen LogP contribution is -2.30. The number of phenols is 2. The first-order valence-electron chi connectivity index (χ1n) is 12.1. The number of hydrogen-bond acceptors (Lipinski definition) is 7. The Hall–Kier alpha value is -3.14. The molecule has 0 spiro atoms. The second kappa shape index (κ2) is 12.5. The molecule has 1 aromatic heterocycles. The molecule has 0 saturated heterocycles. The topological polar surface area (TPSA) is 113 Å². The van der Waals surface area contributed by atoms with E-state index in [4.69, 9.17) is 9.47 Å². The molecule has 0 aliphatic rings. The molecule has 1 heterocycles. The zero-order chi connectivity index (χ0) is 25.4. The Kier molecular flexibility index (Phi) is 9.47. The molecular formula is C26H36N4O5. The van der Waals surface area contributed by atoms with Crippen LogP contribution in [0.4, 0.5) is 0 Å². The summed E-state index contributed by atoms with van der Waals surface area (Å²) in [6.07, 6.45) is 0. The highest BCUT2D eigenvalue weighted by Gasteiger charge is 2.19. The van der Waals surface area contributed by atoms with Gasteiger partial charge in [-0.2, -0.15) is 5.10 Å². The Morgan fingerprint density at radius 3 is 2.20 bits per heavy atom. The Morgan fingerprint density at radius 2 is 1.63 bits per heavy atom. The SMILES string of the molecule is CCOCCN(CCOCC)Cc1ccc(-n2c(-c3cc(C(C)C)c(O)cc3O)n[nH]c2=O)cc1. The molecule has 9 heteroatoms. The lowest BCUT2D eigenvalue weighted by molar-refractivity contribution is 0.0798. The number of aromatic amines is 1. The monoisotopic (exact) mass is 484 g/mol. The molecule has 2 aromatic carbocycles. The molecular weight excluding hydrogens is 448 g/mol. The van der Waals surface area contributed by atoms with Gasteiger partial charge in [0.25, 0.3) is 0 Å². The van der Waals surface area contributed by atoms with Gasteiger partial charge in [-0.1, -0.05) is 26.0 Å². The average molecular weight is 485 g/mol. The molecule has 0 aliphatic carbocycles. The highest BCUT2D eigenvalue weighted by Crippen LogP contribution is 2.37. The van der Waals surface area contributed by atoms with Crippen LogP contribution < -0.4 is 5.69 Å². The van der Waals surface area contributed by atoms with E-state index in [1.807, 2.05) is 52.0 Å². The van der Waals surface area contributed by atoms with E-state index >= 15 is 0 Å². The molecule has 3 aromatic rings. The van der Waals surface area contributed by atoms with Crippen molar-refractivity contribution >= 4 is 0 Å². The first-order valence-corrected chi connectivity index (χ1v) is 12.1. The van der Waals surface area contributed by atoms with E-state index in [0.717, 1.165) is 25.2 Å². The summed E-state index contributed by atoms with van der Waals surface area (Å²) in [4.78, 5) is 14.9. The maximum atomic E-state index is 12.6. The van der Waals surface area contributed by atoms with Gasteiger partial charge in [-0.3, -0.25) is 4.90 Å². The summed E-state index contributed by atoms with van der Waals surface area (Å²) >= 11 is 0. The van der Waals surface area contributed by atoms with Crippen molar-refractivity contribution in [3.05, 3.63) is 58.0 Å². The van der Waals surface area contributed by atoms with Crippen molar-refractivity contribution in [3.63, 3.8) is 0 Å². The number of benzene rings is 2. The third kappa shape index (κ3) is 6.72. The molecule has 0 unspecified atom stereocenters. The van der Waals surface area contributed by atoms with Gasteiger partial charge in [0.2, 0.25) is 0 Å². The van der Waals surface area contributed by atoms with Crippen molar-refractivity contribution < 1.29 is 19.7 Å². The van der Waals surface area contributed by atoms with Gasteiger partial charge in [0.05, 0.1) is 24.5 Å². The van der Waals surface area contributed by atoms with Crippen LogP contribution in [0.5, 0.6) is 11.5 Å². The van der Waals surface area contributed by atoms with E-state index in [2.05, 4.69) is 15.1 Å². The predicted octanol–water partition coefficient (Wildman–Crippen LogP) is 3.64. The Morgan fingerprint density at radius 1 is 1.00 bits per heavy atom. The minimum atomic E-state index is -0.415. The fourth-order valence-corrected chi connectivity index (χ4v) is 3.91. The molecule has 9 nitrogen and oxygen atoms in total. The predicted molar refractivity (Wildman–Crippen MR) is 135 cm³/mol. The Balaban J connectivity index is 1.86. The van der Waals surface area contributed by atoms with Crippen molar-refractivity contribution in [3.8, 4) is 28.6 Å². The zero-order valence-electron chi connectivity index (χ0n) is 21.0. The molecule has 0 aliphatic heterocycles. The number of phenolic OH excluding ortho intramolecular Hbond substituents is 2. The van der Waals surface area contributed by atoms with Crippen molar-refractivity contribution in [2.45, 2.75) is 40.2 Å². The molecule has 0 radical (unpaired) electrons. The van der Waals surface area contributed by atoms with Crippen molar-refractivity contribution in [1.82, 2.24) is 19.7 Å². The number of rotatable bonds is 13. The molecule has 0 bridgehead atoms. The van der Waals surface area contributed by atoms with Gasteiger partial charge in [-0.25, -0.2) is 14.5 Å². The summed E-state index contributed by atoms with van der Waals surface area (Å²) < 4.78 is 12.5. The number of nitrogens with zero attached hydrogens (tertiary/aromatic N) is 3. The quantitative estimate of drug-likeness (QED) is 0.318. The fraction of sp³-hybridized carbons (Fsp3) is 0.462. The highest BCUT2D eigenvalue weighted by atomic mass is 16.5. The number of H-pyrrole nitrogens is 1. The van der Waals surface area contributed by atoms with Crippen LogP contribution in [0, 0.1) is 0 Å². The summed E-state index contributed by atoms with van der Waals surface area (Å²) in [6.45, 7) is 12.9. The number of ether oxygens (including phenoxy) is 2. The van der Waals surface area contributed by atoms with Crippen LogP contribution in [-0.2, 0) is 16.0 Å². The van der Waals surface area contributed by atoms with E-state index in [-0.39, 0.29) is 23.2 Å². The van der Waals surface area contributed by atoms with E-state index in [1.54, 1.807) is 6.07 Å². The van der Waals surface area contributed by atoms with E-state index < -0.39 is 5.69 Å². The largest absolute Gasteiger partial charge is 0.508 e. The third-order valence-corrected chi connectivity index (χ3v) is 5.79. The number of aromatic nitrogens is 3. The van der Waals surface area contributed by atoms with Gasteiger partial charge in [0.1, 0.15) is 11.5 Å². The molecule has 3 N–H and O–H groups in total. The van der Waals surface area contributed by atoms with Crippen LogP contribution in [0.3, 0.4) is 0 Å². The maximum Gasteiger partial charge on any atom is 0.348 e. The summed E-state index contributed by atoms with van der Waals surface area (Å²) in [5.74, 6) is 0.162. The van der Waals surface area contributed by atoms with Crippen molar-refractivity contribution in [2.24, 2.45) is 0 Å². The minimum Gasteiger partial charge on any atom is -0.508 e. The summed E-state index contributed by atoms with van der Waals surface area (Å²) in [7, 11) is 0. The lowest BCUT2D eigenvalue weighted by Gasteiger charge is -2.22. The number of aromatic hydroxyl groups is 2. The first kappa shape index (κ1) is 26.5. The number of hydrogen-bond donors (Lipinski definition) is 3. The third-order valence-electron chi connectivity index (χ3n) is 5.79. The second-order valence-corrected chi connectivity index (χ2v) is 8.61. The smallest absolute Gasteiger partial charge is 0.348 e. The molecule has 0 atom stereocenters. The van der Waals surface area contributed by atoms with Crippen LogP contribution >= 0.6 is 0 Å². The molecule has 3 rings (SSSR count). The molecule has 0 amide bonds. The Bertz CT molecular complexity index is 1130. The first-order chi connectivity index (χ1) is 16.8. The van der Waals surface area contributed by atoms with Gasteiger partial charge >= 0.3 is 5.69 Å². The second-order valence-electron chi connectivity index (χ2n) is 8.61. The average Bonchev–Trinajstić information content (AvgIpc) is 3.20.